The van der Waals surface area contributed by atoms with Crippen LogP contribution in [0.1, 0.15) is 16.2 Å². The summed E-state index contributed by atoms with van der Waals surface area (Å²) < 4.78 is 10.8. The second-order valence-electron chi connectivity index (χ2n) is 6.63. The van der Waals surface area contributed by atoms with Crippen LogP contribution in [0.15, 0.2) is 65.2 Å². The van der Waals surface area contributed by atoms with Gasteiger partial charge in [-0.2, -0.15) is 0 Å². The zero-order valence-corrected chi connectivity index (χ0v) is 15.3. The van der Waals surface area contributed by atoms with E-state index < -0.39 is 0 Å². The van der Waals surface area contributed by atoms with Gasteiger partial charge in [-0.05, 0) is 31.2 Å². The van der Waals surface area contributed by atoms with E-state index in [1.807, 2.05) is 42.5 Å². The number of nitrogens with zero attached hydrogens (tertiary/aromatic N) is 2. The molecule has 2 amide bonds. The molecule has 4 rings (SSSR count). The summed E-state index contributed by atoms with van der Waals surface area (Å²) in [4.78, 5) is 26.4. The summed E-state index contributed by atoms with van der Waals surface area (Å²) in [6.45, 7) is 2.42. The number of carbonyl (C=O) groups is 2. The highest BCUT2D eigenvalue weighted by Crippen LogP contribution is 2.30. The fourth-order valence-corrected chi connectivity index (χ4v) is 2.95. The van der Waals surface area contributed by atoms with Crippen molar-refractivity contribution in [1.29, 1.82) is 0 Å². The van der Waals surface area contributed by atoms with E-state index in [0.29, 0.717) is 36.0 Å². The maximum Gasteiger partial charge on any atom is 0.276 e. The minimum atomic E-state index is -0.276. The molecule has 0 unspecified atom stereocenters. The summed E-state index contributed by atoms with van der Waals surface area (Å²) in [5.41, 5.74) is 0.853. The average Bonchev–Trinajstić information content (AvgIpc) is 3.09. The zero-order chi connectivity index (χ0) is 19.5. The maximum atomic E-state index is 12.6. The van der Waals surface area contributed by atoms with Gasteiger partial charge in [0.15, 0.2) is 11.4 Å². The van der Waals surface area contributed by atoms with E-state index >= 15 is 0 Å². The number of amides is 2. The first kappa shape index (κ1) is 17.8. The summed E-state index contributed by atoms with van der Waals surface area (Å²) in [5.74, 6) is 1.17. The van der Waals surface area contributed by atoms with E-state index in [1.54, 1.807) is 30.0 Å². The number of aromatic nitrogens is 1. The van der Waals surface area contributed by atoms with Crippen LogP contribution in [0.2, 0.25) is 0 Å². The first-order chi connectivity index (χ1) is 13.6. The predicted octanol–water partition coefficient (Wildman–Crippen LogP) is 3.49. The third-order valence-corrected chi connectivity index (χ3v) is 4.50. The fourth-order valence-electron chi connectivity index (χ4n) is 2.95. The van der Waals surface area contributed by atoms with E-state index in [9.17, 15) is 9.59 Å². The first-order valence-corrected chi connectivity index (χ1v) is 8.95. The molecular weight excluding hydrogens is 358 g/mol. The molecule has 1 N–H and O–H groups in total. The molecule has 2 heterocycles. The van der Waals surface area contributed by atoms with Crippen LogP contribution >= 0.6 is 0 Å². The van der Waals surface area contributed by atoms with Crippen molar-refractivity contribution in [2.24, 2.45) is 5.92 Å². The third-order valence-electron chi connectivity index (χ3n) is 4.50. The van der Waals surface area contributed by atoms with Crippen LogP contribution in [0.5, 0.6) is 11.5 Å². The molecule has 1 aromatic heterocycles. The van der Waals surface area contributed by atoms with E-state index in [-0.39, 0.29) is 23.4 Å². The van der Waals surface area contributed by atoms with E-state index in [2.05, 4.69) is 10.5 Å². The van der Waals surface area contributed by atoms with Gasteiger partial charge < -0.3 is 19.5 Å². The van der Waals surface area contributed by atoms with Gasteiger partial charge in [0.2, 0.25) is 5.91 Å². The molecule has 142 valence electrons. The minimum absolute atomic E-state index is 0.149. The maximum absolute atomic E-state index is 12.6. The van der Waals surface area contributed by atoms with Gasteiger partial charge >= 0.3 is 0 Å². The number of rotatable bonds is 5. The monoisotopic (exact) mass is 377 g/mol. The van der Waals surface area contributed by atoms with Crippen molar-refractivity contribution in [1.82, 2.24) is 10.1 Å². The number of likely N-dealkylation sites (tertiary alicyclic amines) is 1. The molecule has 0 spiro atoms. The number of benzene rings is 2. The molecule has 0 radical (unpaired) electrons. The van der Waals surface area contributed by atoms with Crippen LogP contribution in [-0.2, 0) is 4.79 Å². The van der Waals surface area contributed by atoms with Gasteiger partial charge in [-0.1, -0.05) is 35.5 Å². The summed E-state index contributed by atoms with van der Waals surface area (Å²) >= 11 is 0. The molecule has 0 atom stereocenters. The number of nitrogens with one attached hydrogen (secondary N) is 1. The smallest absolute Gasteiger partial charge is 0.276 e. The molecular formula is C21H19N3O4. The number of para-hydroxylation sites is 3. The SMILES string of the molecule is Cc1cc(C(=O)N2CC(C(=O)Nc3ccccc3Oc3ccccc3)C2)no1. The van der Waals surface area contributed by atoms with Crippen molar-refractivity contribution in [3.63, 3.8) is 0 Å². The third kappa shape index (κ3) is 3.73. The van der Waals surface area contributed by atoms with Crippen LogP contribution in [-0.4, -0.2) is 35.0 Å². The first-order valence-electron chi connectivity index (χ1n) is 8.95. The molecule has 0 bridgehead atoms. The van der Waals surface area contributed by atoms with Crippen molar-refractivity contribution in [2.75, 3.05) is 18.4 Å². The van der Waals surface area contributed by atoms with Crippen LogP contribution in [0.25, 0.3) is 0 Å². The predicted molar refractivity (Wildman–Crippen MR) is 102 cm³/mol. The van der Waals surface area contributed by atoms with Gasteiger partial charge in [0.1, 0.15) is 11.5 Å². The highest BCUT2D eigenvalue weighted by molar-refractivity contribution is 5.98. The van der Waals surface area contributed by atoms with E-state index in [0.717, 1.165) is 0 Å². The van der Waals surface area contributed by atoms with Gasteiger partial charge in [0.25, 0.3) is 5.91 Å². The highest BCUT2D eigenvalue weighted by Gasteiger charge is 2.37. The molecule has 0 saturated carbocycles. The largest absolute Gasteiger partial charge is 0.455 e. The molecule has 1 fully saturated rings. The normalized spacial score (nSPS) is 13.7. The van der Waals surface area contributed by atoms with Gasteiger partial charge in [0.05, 0.1) is 11.6 Å². The lowest BCUT2D eigenvalue weighted by molar-refractivity contribution is -0.123. The molecule has 28 heavy (non-hydrogen) atoms. The lowest BCUT2D eigenvalue weighted by atomic mass is 9.98. The van der Waals surface area contributed by atoms with E-state index in [4.69, 9.17) is 9.26 Å². The molecule has 1 aliphatic rings. The quantitative estimate of drug-likeness (QED) is 0.736. The standard InChI is InChI=1S/C21H19N3O4/c1-14-11-18(23-28-14)21(26)24-12-15(13-24)20(25)22-17-9-5-6-10-19(17)27-16-7-3-2-4-8-16/h2-11,15H,12-13H2,1H3,(H,22,25). The molecule has 1 saturated heterocycles. The van der Waals surface area contributed by atoms with Crippen LogP contribution in [0, 0.1) is 12.8 Å². The Morgan fingerprint density at radius 2 is 1.82 bits per heavy atom. The molecule has 2 aromatic carbocycles. The number of ether oxygens (including phenoxy) is 1. The number of hydrogen-bond donors (Lipinski definition) is 1. The number of anilines is 1. The van der Waals surface area contributed by atoms with Crippen molar-refractivity contribution in [2.45, 2.75) is 6.92 Å². The fraction of sp³-hybridized carbons (Fsp3) is 0.190. The van der Waals surface area contributed by atoms with Gasteiger partial charge in [-0.25, -0.2) is 0 Å². The molecule has 0 aliphatic carbocycles. The summed E-state index contributed by atoms with van der Waals surface area (Å²) in [6.07, 6.45) is 0. The van der Waals surface area contributed by atoms with E-state index in [1.165, 1.54) is 0 Å². The number of aryl methyl sites for hydroxylation is 1. The topological polar surface area (TPSA) is 84.7 Å². The Labute approximate surface area is 161 Å². The van der Waals surface area contributed by atoms with Gasteiger partial charge in [-0.15, -0.1) is 0 Å². The molecule has 3 aromatic rings. The van der Waals surface area contributed by atoms with Crippen molar-refractivity contribution in [3.8, 4) is 11.5 Å². The number of hydrogen-bond acceptors (Lipinski definition) is 5. The van der Waals surface area contributed by atoms with Crippen molar-refractivity contribution >= 4 is 17.5 Å². The Bertz CT molecular complexity index is 994. The van der Waals surface area contributed by atoms with Crippen LogP contribution in [0.3, 0.4) is 0 Å². The van der Waals surface area contributed by atoms with Gasteiger partial charge in [-0.3, -0.25) is 9.59 Å². The lowest BCUT2D eigenvalue weighted by Gasteiger charge is -2.37. The summed E-state index contributed by atoms with van der Waals surface area (Å²) in [7, 11) is 0. The lowest BCUT2D eigenvalue weighted by Crippen LogP contribution is -2.54. The summed E-state index contributed by atoms with van der Waals surface area (Å²) in [6, 6.07) is 18.2. The molecule has 7 nitrogen and oxygen atoms in total. The molecule has 7 heteroatoms. The zero-order valence-electron chi connectivity index (χ0n) is 15.3. The highest BCUT2D eigenvalue weighted by atomic mass is 16.5. The second kappa shape index (κ2) is 7.56. The van der Waals surface area contributed by atoms with Crippen LogP contribution < -0.4 is 10.1 Å². The minimum Gasteiger partial charge on any atom is -0.455 e. The Morgan fingerprint density at radius 3 is 2.54 bits per heavy atom. The van der Waals surface area contributed by atoms with Crippen molar-refractivity contribution in [3.05, 3.63) is 72.1 Å². The van der Waals surface area contributed by atoms with Crippen molar-refractivity contribution < 1.29 is 18.8 Å². The Hall–Kier alpha value is -3.61. The Balaban J connectivity index is 1.37. The second-order valence-corrected chi connectivity index (χ2v) is 6.63. The summed E-state index contributed by atoms with van der Waals surface area (Å²) in [5, 5.41) is 6.62. The molecule has 1 aliphatic heterocycles. The number of carbonyl (C=O) groups excluding carboxylic acids is 2. The van der Waals surface area contributed by atoms with Gasteiger partial charge in [0, 0.05) is 19.2 Å². The Morgan fingerprint density at radius 1 is 1.11 bits per heavy atom. The average molecular weight is 377 g/mol. The van der Waals surface area contributed by atoms with Crippen LogP contribution in [0.4, 0.5) is 5.69 Å². The Kier molecular flexibility index (Phi) is 4.80.